The first-order valence-electron chi connectivity index (χ1n) is 9.37. The molecule has 0 unspecified atom stereocenters. The Morgan fingerprint density at radius 2 is 2.21 bits per heavy atom. The summed E-state index contributed by atoms with van der Waals surface area (Å²) >= 11 is 5.35. The molecule has 8 heteroatoms. The third-order valence-corrected chi connectivity index (χ3v) is 7.34. The van der Waals surface area contributed by atoms with E-state index < -0.39 is 0 Å². The molecule has 29 heavy (non-hydrogen) atoms. The van der Waals surface area contributed by atoms with E-state index in [1.54, 1.807) is 11.3 Å². The van der Waals surface area contributed by atoms with Crippen molar-refractivity contribution in [2.24, 2.45) is 4.99 Å². The number of nitrogens with zero attached hydrogens (tertiary/aromatic N) is 2. The Bertz CT molecular complexity index is 1010. The van der Waals surface area contributed by atoms with E-state index in [-0.39, 0.29) is 12.0 Å². The van der Waals surface area contributed by atoms with Gasteiger partial charge in [0.15, 0.2) is 4.34 Å². The summed E-state index contributed by atoms with van der Waals surface area (Å²) in [6.45, 7) is 1.40. The number of ether oxygens (including phenoxy) is 1. The molecule has 3 aromatic rings. The number of hydrogen-bond acceptors (Lipinski definition) is 6. The van der Waals surface area contributed by atoms with E-state index in [1.165, 1.54) is 15.3 Å². The summed E-state index contributed by atoms with van der Waals surface area (Å²) in [5, 5.41) is 2.95. The van der Waals surface area contributed by atoms with Crippen molar-refractivity contribution < 1.29 is 9.53 Å². The van der Waals surface area contributed by atoms with E-state index in [9.17, 15) is 4.79 Å². The minimum absolute atomic E-state index is 0.0209. The van der Waals surface area contributed by atoms with Crippen molar-refractivity contribution in [1.29, 1.82) is 0 Å². The summed E-state index contributed by atoms with van der Waals surface area (Å²) in [6.07, 6.45) is 4.15. The Kier molecular flexibility index (Phi) is 7.17. The summed E-state index contributed by atoms with van der Waals surface area (Å²) in [4.78, 5) is 21.2. The SMILES string of the molecule is O=C(CSc1nc2ccc(N=Cc3ccc(I)cc3)cc2s1)NC[C@H]1CCCO1. The minimum Gasteiger partial charge on any atom is -0.376 e. The van der Waals surface area contributed by atoms with Gasteiger partial charge in [0.05, 0.1) is 27.8 Å². The van der Waals surface area contributed by atoms with Crippen molar-refractivity contribution in [3.63, 3.8) is 0 Å². The summed E-state index contributed by atoms with van der Waals surface area (Å²) in [7, 11) is 0. The maximum absolute atomic E-state index is 12.1. The first kappa shape index (κ1) is 20.8. The van der Waals surface area contributed by atoms with Gasteiger partial charge in [0, 0.05) is 22.9 Å². The van der Waals surface area contributed by atoms with Crippen molar-refractivity contribution in [3.05, 3.63) is 51.6 Å². The van der Waals surface area contributed by atoms with Crippen LogP contribution in [0.4, 0.5) is 5.69 Å². The third-order valence-electron chi connectivity index (χ3n) is 4.46. The number of amides is 1. The minimum atomic E-state index is 0.0209. The number of hydrogen-bond donors (Lipinski definition) is 1. The highest BCUT2D eigenvalue weighted by atomic mass is 127. The van der Waals surface area contributed by atoms with Crippen LogP contribution < -0.4 is 5.32 Å². The van der Waals surface area contributed by atoms with Crippen LogP contribution in [-0.4, -0.2) is 42.1 Å². The van der Waals surface area contributed by atoms with Crippen LogP contribution in [0.3, 0.4) is 0 Å². The number of thiazole rings is 1. The van der Waals surface area contributed by atoms with Gasteiger partial charge in [0.1, 0.15) is 0 Å². The molecular weight excluding hydrogens is 517 g/mol. The van der Waals surface area contributed by atoms with E-state index in [2.05, 4.69) is 62.1 Å². The number of fused-ring (bicyclic) bond motifs is 1. The number of aromatic nitrogens is 1. The highest BCUT2D eigenvalue weighted by Crippen LogP contribution is 2.32. The maximum atomic E-state index is 12.1. The van der Waals surface area contributed by atoms with Gasteiger partial charge in [-0.15, -0.1) is 11.3 Å². The van der Waals surface area contributed by atoms with Gasteiger partial charge in [0.2, 0.25) is 5.91 Å². The fraction of sp³-hybridized carbons (Fsp3) is 0.286. The van der Waals surface area contributed by atoms with E-state index >= 15 is 0 Å². The Balaban J connectivity index is 1.34. The normalized spacial score (nSPS) is 16.7. The van der Waals surface area contributed by atoms with Crippen LogP contribution in [0.1, 0.15) is 18.4 Å². The Morgan fingerprint density at radius 3 is 3.00 bits per heavy atom. The number of benzene rings is 2. The third kappa shape index (κ3) is 6.00. The molecule has 5 nitrogen and oxygen atoms in total. The van der Waals surface area contributed by atoms with Crippen molar-refractivity contribution in [3.8, 4) is 0 Å². The lowest BCUT2D eigenvalue weighted by Crippen LogP contribution is -2.32. The molecule has 1 aromatic heterocycles. The molecule has 1 aliphatic heterocycles. The molecule has 1 saturated heterocycles. The van der Waals surface area contributed by atoms with Crippen LogP contribution >= 0.6 is 45.7 Å². The van der Waals surface area contributed by atoms with Crippen molar-refractivity contribution in [2.45, 2.75) is 23.3 Å². The largest absolute Gasteiger partial charge is 0.376 e. The second-order valence-electron chi connectivity index (χ2n) is 6.67. The van der Waals surface area contributed by atoms with Gasteiger partial charge in [-0.2, -0.15) is 0 Å². The lowest BCUT2D eigenvalue weighted by Gasteiger charge is -2.09. The molecule has 0 radical (unpaired) electrons. The van der Waals surface area contributed by atoms with Gasteiger partial charge in [-0.25, -0.2) is 4.98 Å². The molecule has 0 bridgehead atoms. The molecular formula is C21H20IN3O2S2. The molecule has 1 amide bonds. The number of carbonyl (C=O) groups excluding carboxylic acids is 1. The number of aliphatic imine (C=N–C) groups is 1. The Morgan fingerprint density at radius 1 is 1.34 bits per heavy atom. The van der Waals surface area contributed by atoms with Crippen LogP contribution in [-0.2, 0) is 9.53 Å². The van der Waals surface area contributed by atoms with Gasteiger partial charge < -0.3 is 10.1 Å². The second kappa shape index (κ2) is 10.0. The molecule has 0 saturated carbocycles. The molecule has 150 valence electrons. The van der Waals surface area contributed by atoms with E-state index in [0.717, 1.165) is 45.3 Å². The number of rotatable bonds is 7. The summed E-state index contributed by atoms with van der Waals surface area (Å²) in [6, 6.07) is 14.2. The van der Waals surface area contributed by atoms with Gasteiger partial charge in [-0.3, -0.25) is 9.79 Å². The van der Waals surface area contributed by atoms with Gasteiger partial charge >= 0.3 is 0 Å². The van der Waals surface area contributed by atoms with E-state index in [4.69, 9.17) is 4.74 Å². The van der Waals surface area contributed by atoms with Crippen molar-refractivity contribution in [1.82, 2.24) is 10.3 Å². The van der Waals surface area contributed by atoms with E-state index in [0.29, 0.717) is 12.3 Å². The zero-order chi connectivity index (χ0) is 20.1. The lowest BCUT2D eigenvalue weighted by atomic mass is 10.2. The van der Waals surface area contributed by atoms with Crippen molar-refractivity contribution in [2.75, 3.05) is 18.9 Å². The second-order valence-corrected chi connectivity index (χ2v) is 10.2. The molecule has 2 heterocycles. The summed E-state index contributed by atoms with van der Waals surface area (Å²) in [5.74, 6) is 0.386. The standard InChI is InChI=1S/C21H20IN3O2S2/c22-15-5-3-14(4-6-15)11-23-16-7-8-18-19(10-16)29-21(25-18)28-13-20(26)24-12-17-2-1-9-27-17/h3-8,10-11,17H,1-2,9,12-13H2,(H,24,26)/t17-/m1/s1. The molecule has 1 fully saturated rings. The van der Waals surface area contributed by atoms with Gasteiger partial charge in [-0.05, 0) is 71.3 Å². The number of halogens is 1. The fourth-order valence-corrected chi connectivity index (χ4v) is 5.23. The monoisotopic (exact) mass is 537 g/mol. The van der Waals surface area contributed by atoms with Crippen molar-refractivity contribution >= 4 is 73.7 Å². The molecule has 1 atom stereocenters. The smallest absolute Gasteiger partial charge is 0.230 e. The van der Waals surface area contributed by atoms with Gasteiger partial charge in [-0.1, -0.05) is 23.9 Å². The fourth-order valence-electron chi connectivity index (χ4n) is 2.94. The highest BCUT2D eigenvalue weighted by molar-refractivity contribution is 14.1. The average Bonchev–Trinajstić information content (AvgIpc) is 3.39. The maximum Gasteiger partial charge on any atom is 0.230 e. The number of nitrogens with one attached hydrogen (secondary N) is 1. The quantitative estimate of drug-likeness (QED) is 0.261. The first-order chi connectivity index (χ1) is 14.2. The summed E-state index contributed by atoms with van der Waals surface area (Å²) < 4.78 is 8.70. The zero-order valence-corrected chi connectivity index (χ0v) is 19.4. The molecule has 1 aliphatic rings. The Labute approximate surface area is 191 Å². The summed E-state index contributed by atoms with van der Waals surface area (Å²) in [5.41, 5.74) is 2.90. The number of thioether (sulfide) groups is 1. The predicted molar refractivity (Wildman–Crippen MR) is 129 cm³/mol. The molecule has 4 rings (SSSR count). The van der Waals surface area contributed by atoms with Gasteiger partial charge in [0.25, 0.3) is 0 Å². The highest BCUT2D eigenvalue weighted by Gasteiger charge is 2.16. The molecule has 0 spiro atoms. The Hall–Kier alpha value is -1.49. The number of carbonyl (C=O) groups is 1. The average molecular weight is 537 g/mol. The van der Waals surface area contributed by atoms with Crippen LogP contribution in [0.15, 0.2) is 51.8 Å². The van der Waals surface area contributed by atoms with E-state index in [1.807, 2.05) is 24.4 Å². The lowest BCUT2D eigenvalue weighted by molar-refractivity contribution is -0.119. The van der Waals surface area contributed by atoms with Crippen LogP contribution in [0.2, 0.25) is 0 Å². The predicted octanol–water partition coefficient (Wildman–Crippen LogP) is 5.04. The molecule has 2 aromatic carbocycles. The first-order valence-corrected chi connectivity index (χ1v) is 12.3. The van der Waals surface area contributed by atoms with Crippen LogP contribution in [0.5, 0.6) is 0 Å². The molecule has 1 N–H and O–H groups in total. The molecule has 0 aliphatic carbocycles. The zero-order valence-electron chi connectivity index (χ0n) is 15.6. The van der Waals surface area contributed by atoms with Crippen LogP contribution in [0.25, 0.3) is 10.2 Å². The van der Waals surface area contributed by atoms with Crippen LogP contribution in [0, 0.1) is 3.57 Å². The topological polar surface area (TPSA) is 63.6 Å².